The molecule has 3 heteroatoms. The normalized spacial score (nSPS) is 21.2. The molecular weight excluding hydrogens is 260 g/mol. The van der Waals surface area contributed by atoms with E-state index in [2.05, 4.69) is 42.3 Å². The van der Waals surface area contributed by atoms with Crippen LogP contribution in [0.3, 0.4) is 0 Å². The fraction of sp³-hybridized carbons (Fsp3) is 0.667. The first-order chi connectivity index (χ1) is 10.2. The average Bonchev–Trinajstić information content (AvgIpc) is 2.52. The van der Waals surface area contributed by atoms with E-state index in [-0.39, 0.29) is 0 Å². The molecular formula is C18H30N2O. The van der Waals surface area contributed by atoms with Crippen LogP contribution in [0.4, 0.5) is 0 Å². The van der Waals surface area contributed by atoms with E-state index < -0.39 is 0 Å². The van der Waals surface area contributed by atoms with Gasteiger partial charge in [0.05, 0.1) is 7.11 Å². The third-order valence-electron chi connectivity index (χ3n) is 4.73. The number of likely N-dealkylation sites (tertiary alicyclic amines) is 1. The molecule has 1 aromatic carbocycles. The largest absolute Gasteiger partial charge is 0.496 e. The van der Waals surface area contributed by atoms with E-state index in [0.717, 1.165) is 12.3 Å². The highest BCUT2D eigenvalue weighted by atomic mass is 16.5. The number of aryl methyl sites for hydroxylation is 1. The quantitative estimate of drug-likeness (QED) is 0.867. The highest BCUT2D eigenvalue weighted by Crippen LogP contribution is 2.34. The van der Waals surface area contributed by atoms with E-state index in [9.17, 15) is 0 Å². The molecule has 2 atom stereocenters. The fourth-order valence-corrected chi connectivity index (χ4v) is 3.51. The highest BCUT2D eigenvalue weighted by molar-refractivity contribution is 5.39. The standard InChI is InChI=1S/C18H30N2O/c1-14-8-9-18(21-4)17(13-14)15(2)20-12-6-5-7-16(20)10-11-19-3/h8-9,13,15-16,19H,5-7,10-12H2,1-4H3. The van der Waals surface area contributed by atoms with E-state index >= 15 is 0 Å². The van der Waals surface area contributed by atoms with Crippen LogP contribution in [0.2, 0.25) is 0 Å². The number of benzene rings is 1. The fourth-order valence-electron chi connectivity index (χ4n) is 3.51. The second-order valence-electron chi connectivity index (χ2n) is 6.20. The lowest BCUT2D eigenvalue weighted by Gasteiger charge is -2.40. The Morgan fingerprint density at radius 2 is 2.19 bits per heavy atom. The van der Waals surface area contributed by atoms with Crippen molar-refractivity contribution in [2.45, 2.75) is 51.6 Å². The summed E-state index contributed by atoms with van der Waals surface area (Å²) < 4.78 is 5.59. The number of ether oxygens (including phenoxy) is 1. The number of piperidine rings is 1. The molecule has 1 heterocycles. The molecule has 0 aliphatic carbocycles. The third kappa shape index (κ3) is 3.98. The zero-order valence-electron chi connectivity index (χ0n) is 14.0. The van der Waals surface area contributed by atoms with E-state index in [1.54, 1.807) is 7.11 Å². The predicted octanol–water partition coefficient (Wildman–Crippen LogP) is 3.53. The van der Waals surface area contributed by atoms with Gasteiger partial charge in [-0.15, -0.1) is 0 Å². The number of methoxy groups -OCH3 is 1. The lowest BCUT2D eigenvalue weighted by atomic mass is 9.94. The summed E-state index contributed by atoms with van der Waals surface area (Å²) in [5.74, 6) is 1.02. The summed E-state index contributed by atoms with van der Waals surface area (Å²) >= 11 is 0. The monoisotopic (exact) mass is 290 g/mol. The van der Waals surface area contributed by atoms with Gasteiger partial charge in [0, 0.05) is 17.6 Å². The lowest BCUT2D eigenvalue weighted by Crippen LogP contribution is -2.42. The summed E-state index contributed by atoms with van der Waals surface area (Å²) in [5.41, 5.74) is 2.63. The highest BCUT2D eigenvalue weighted by Gasteiger charge is 2.28. The van der Waals surface area contributed by atoms with Crippen LogP contribution in [0.1, 0.15) is 49.8 Å². The number of hydrogen-bond acceptors (Lipinski definition) is 3. The van der Waals surface area contributed by atoms with Crippen molar-refractivity contribution < 1.29 is 4.74 Å². The first-order valence-corrected chi connectivity index (χ1v) is 8.22. The van der Waals surface area contributed by atoms with Crippen LogP contribution in [0.5, 0.6) is 5.75 Å². The van der Waals surface area contributed by atoms with Crippen LogP contribution in [0.25, 0.3) is 0 Å². The Morgan fingerprint density at radius 3 is 2.90 bits per heavy atom. The van der Waals surface area contributed by atoms with E-state index in [4.69, 9.17) is 4.74 Å². The lowest BCUT2D eigenvalue weighted by molar-refractivity contribution is 0.0958. The molecule has 2 unspecified atom stereocenters. The minimum atomic E-state index is 0.419. The van der Waals surface area contributed by atoms with Gasteiger partial charge in [-0.2, -0.15) is 0 Å². The van der Waals surface area contributed by atoms with Crippen molar-refractivity contribution in [2.24, 2.45) is 0 Å². The van der Waals surface area contributed by atoms with Crippen LogP contribution >= 0.6 is 0 Å². The van der Waals surface area contributed by atoms with Crippen molar-refractivity contribution in [1.82, 2.24) is 10.2 Å². The van der Waals surface area contributed by atoms with Crippen molar-refractivity contribution in [2.75, 3.05) is 27.2 Å². The van der Waals surface area contributed by atoms with Crippen LogP contribution < -0.4 is 10.1 Å². The molecule has 1 aliphatic heterocycles. The molecule has 0 aromatic heterocycles. The Balaban J connectivity index is 2.19. The molecule has 118 valence electrons. The smallest absolute Gasteiger partial charge is 0.123 e. The summed E-state index contributed by atoms with van der Waals surface area (Å²) in [6.45, 7) is 6.78. The zero-order chi connectivity index (χ0) is 15.2. The second-order valence-corrected chi connectivity index (χ2v) is 6.20. The van der Waals surface area contributed by atoms with Gasteiger partial charge >= 0.3 is 0 Å². The van der Waals surface area contributed by atoms with Crippen molar-refractivity contribution >= 4 is 0 Å². The van der Waals surface area contributed by atoms with Gasteiger partial charge in [-0.25, -0.2) is 0 Å². The molecule has 0 spiro atoms. The molecule has 0 bridgehead atoms. The van der Waals surface area contributed by atoms with Crippen molar-refractivity contribution in [1.29, 1.82) is 0 Å². The Hall–Kier alpha value is -1.06. The molecule has 0 saturated carbocycles. The van der Waals surface area contributed by atoms with Gasteiger partial charge in [0.15, 0.2) is 0 Å². The van der Waals surface area contributed by atoms with Crippen LogP contribution in [-0.4, -0.2) is 38.2 Å². The molecule has 0 radical (unpaired) electrons. The Kier molecular flexibility index (Phi) is 6.07. The molecule has 1 aromatic rings. The summed E-state index contributed by atoms with van der Waals surface area (Å²) in [7, 11) is 3.82. The van der Waals surface area contributed by atoms with Crippen molar-refractivity contribution in [3.63, 3.8) is 0 Å². The summed E-state index contributed by atoms with van der Waals surface area (Å²) in [6, 6.07) is 7.62. The second kappa shape index (κ2) is 7.81. The van der Waals surface area contributed by atoms with Gasteiger partial charge in [0.25, 0.3) is 0 Å². The Bertz CT molecular complexity index is 447. The average molecular weight is 290 g/mol. The van der Waals surface area contributed by atoms with E-state index in [1.165, 1.54) is 43.4 Å². The molecule has 1 saturated heterocycles. The zero-order valence-corrected chi connectivity index (χ0v) is 14.0. The van der Waals surface area contributed by atoms with Gasteiger partial charge in [-0.05, 0) is 59.3 Å². The van der Waals surface area contributed by atoms with Crippen molar-refractivity contribution in [3.05, 3.63) is 29.3 Å². The number of nitrogens with one attached hydrogen (secondary N) is 1. The maximum Gasteiger partial charge on any atom is 0.123 e. The van der Waals surface area contributed by atoms with Crippen molar-refractivity contribution in [3.8, 4) is 5.75 Å². The van der Waals surface area contributed by atoms with Gasteiger partial charge < -0.3 is 10.1 Å². The Morgan fingerprint density at radius 1 is 1.38 bits per heavy atom. The predicted molar refractivity (Wildman–Crippen MR) is 89.0 cm³/mol. The molecule has 3 nitrogen and oxygen atoms in total. The van der Waals surface area contributed by atoms with Gasteiger partial charge in [0.1, 0.15) is 5.75 Å². The first kappa shape index (κ1) is 16.3. The minimum absolute atomic E-state index is 0.419. The summed E-state index contributed by atoms with van der Waals surface area (Å²) in [4.78, 5) is 2.68. The molecule has 1 fully saturated rings. The maximum absolute atomic E-state index is 5.59. The summed E-state index contributed by atoms with van der Waals surface area (Å²) in [5, 5.41) is 3.29. The number of rotatable bonds is 6. The molecule has 1 aliphatic rings. The molecule has 0 amide bonds. The van der Waals surface area contributed by atoms with E-state index in [0.29, 0.717) is 12.1 Å². The van der Waals surface area contributed by atoms with Gasteiger partial charge in [-0.1, -0.05) is 24.1 Å². The topological polar surface area (TPSA) is 24.5 Å². The number of nitrogens with zero attached hydrogens (tertiary/aromatic N) is 1. The maximum atomic E-state index is 5.59. The minimum Gasteiger partial charge on any atom is -0.496 e. The molecule has 21 heavy (non-hydrogen) atoms. The summed E-state index contributed by atoms with van der Waals surface area (Å²) in [6.07, 6.45) is 5.23. The number of hydrogen-bond donors (Lipinski definition) is 1. The van der Waals surface area contributed by atoms with Crippen LogP contribution in [-0.2, 0) is 0 Å². The van der Waals surface area contributed by atoms with Crippen LogP contribution in [0, 0.1) is 6.92 Å². The Labute approximate surface area is 129 Å². The third-order valence-corrected chi connectivity index (χ3v) is 4.73. The SMILES string of the molecule is CNCCC1CCCCN1C(C)c1cc(C)ccc1OC. The van der Waals surface area contributed by atoms with Gasteiger partial charge in [0.2, 0.25) is 0 Å². The van der Waals surface area contributed by atoms with Gasteiger partial charge in [-0.3, -0.25) is 4.90 Å². The molecule has 1 N–H and O–H groups in total. The first-order valence-electron chi connectivity index (χ1n) is 8.22. The molecule has 2 rings (SSSR count). The van der Waals surface area contributed by atoms with E-state index in [1.807, 2.05) is 7.05 Å². The van der Waals surface area contributed by atoms with Crippen LogP contribution in [0.15, 0.2) is 18.2 Å².